The fraction of sp³-hybridized carbons (Fsp3) is 0.412. The van der Waals surface area contributed by atoms with E-state index >= 15 is 0 Å². The van der Waals surface area contributed by atoms with Gasteiger partial charge in [-0.2, -0.15) is 0 Å². The number of amides is 1. The predicted octanol–water partition coefficient (Wildman–Crippen LogP) is 2.71. The molecule has 1 heterocycles. The molecule has 0 aliphatic carbocycles. The van der Waals surface area contributed by atoms with Gasteiger partial charge >= 0.3 is 5.97 Å². The molecular weight excluding hydrogens is 280 g/mol. The van der Waals surface area contributed by atoms with Crippen LogP contribution in [0.5, 0.6) is 0 Å². The molecule has 0 unspecified atom stereocenters. The zero-order valence-corrected chi connectivity index (χ0v) is 13.2. The van der Waals surface area contributed by atoms with E-state index in [2.05, 4.69) is 11.4 Å². The number of nitrogens with zero attached hydrogens (tertiary/aromatic N) is 1. The molecule has 5 nitrogen and oxygen atoms in total. The molecule has 0 fully saturated rings. The van der Waals surface area contributed by atoms with E-state index in [1.54, 1.807) is 0 Å². The molecule has 0 spiro atoms. The lowest BCUT2D eigenvalue weighted by atomic mass is 9.98. The number of carboxylic acids is 1. The van der Waals surface area contributed by atoms with Crippen molar-refractivity contribution in [2.45, 2.75) is 45.7 Å². The Labute approximate surface area is 129 Å². The number of para-hydroxylation sites is 1. The van der Waals surface area contributed by atoms with Crippen molar-refractivity contribution in [3.8, 4) is 0 Å². The molecule has 1 amide bonds. The van der Waals surface area contributed by atoms with Crippen molar-refractivity contribution in [2.75, 3.05) is 0 Å². The third-order valence-electron chi connectivity index (χ3n) is 3.76. The summed E-state index contributed by atoms with van der Waals surface area (Å²) in [7, 11) is 0. The van der Waals surface area contributed by atoms with Crippen molar-refractivity contribution in [3.05, 3.63) is 36.0 Å². The summed E-state index contributed by atoms with van der Waals surface area (Å²) >= 11 is 0. The zero-order chi connectivity index (χ0) is 16.3. The summed E-state index contributed by atoms with van der Waals surface area (Å²) in [6.07, 6.45) is 0.443. The monoisotopic (exact) mass is 302 g/mol. The lowest BCUT2D eigenvalue weighted by Crippen LogP contribution is -2.45. The van der Waals surface area contributed by atoms with Crippen LogP contribution >= 0.6 is 0 Å². The Hall–Kier alpha value is -2.30. The highest BCUT2D eigenvalue weighted by atomic mass is 16.4. The number of aromatic nitrogens is 1. The topological polar surface area (TPSA) is 71.3 Å². The van der Waals surface area contributed by atoms with Crippen molar-refractivity contribution in [3.63, 3.8) is 0 Å². The van der Waals surface area contributed by atoms with Crippen LogP contribution in [0.25, 0.3) is 10.9 Å². The molecule has 1 aromatic carbocycles. The Morgan fingerprint density at radius 3 is 2.64 bits per heavy atom. The van der Waals surface area contributed by atoms with Crippen molar-refractivity contribution in [1.82, 2.24) is 9.88 Å². The largest absolute Gasteiger partial charge is 0.481 e. The second kappa shape index (κ2) is 6.22. The molecule has 5 heteroatoms. The third-order valence-corrected chi connectivity index (χ3v) is 3.76. The van der Waals surface area contributed by atoms with Crippen LogP contribution in [0.2, 0.25) is 0 Å². The zero-order valence-electron chi connectivity index (χ0n) is 13.2. The highest BCUT2D eigenvalue weighted by molar-refractivity contribution is 5.84. The minimum absolute atomic E-state index is 0.0404. The van der Waals surface area contributed by atoms with Crippen molar-refractivity contribution >= 4 is 22.8 Å². The molecule has 118 valence electrons. The number of fused-ring (bicyclic) bond motifs is 1. The SMILES string of the molecule is Cc1cc2ccccc2n1CC(=O)NC(C)(C)CCC(=O)O. The molecule has 2 N–H and O–H groups in total. The van der Waals surface area contributed by atoms with Gasteiger partial charge in [-0.1, -0.05) is 18.2 Å². The first kappa shape index (κ1) is 16.1. The van der Waals surface area contributed by atoms with Crippen LogP contribution in [-0.2, 0) is 16.1 Å². The van der Waals surface area contributed by atoms with Gasteiger partial charge in [-0.25, -0.2) is 0 Å². The lowest BCUT2D eigenvalue weighted by molar-refractivity contribution is -0.137. The smallest absolute Gasteiger partial charge is 0.303 e. The molecule has 0 saturated heterocycles. The molecule has 1 aromatic heterocycles. The highest BCUT2D eigenvalue weighted by Gasteiger charge is 2.22. The highest BCUT2D eigenvalue weighted by Crippen LogP contribution is 2.19. The van der Waals surface area contributed by atoms with Gasteiger partial charge in [0.05, 0.1) is 0 Å². The first-order valence-electron chi connectivity index (χ1n) is 7.36. The van der Waals surface area contributed by atoms with E-state index in [0.29, 0.717) is 6.42 Å². The summed E-state index contributed by atoms with van der Waals surface area (Å²) in [6.45, 7) is 5.89. The van der Waals surface area contributed by atoms with Gasteiger partial charge in [0.1, 0.15) is 6.54 Å². The number of carbonyl (C=O) groups is 2. The van der Waals surface area contributed by atoms with Crippen LogP contribution in [0.3, 0.4) is 0 Å². The summed E-state index contributed by atoms with van der Waals surface area (Å²) in [4.78, 5) is 22.9. The van der Waals surface area contributed by atoms with Crippen molar-refractivity contribution < 1.29 is 14.7 Å². The van der Waals surface area contributed by atoms with E-state index in [1.165, 1.54) is 0 Å². The fourth-order valence-corrected chi connectivity index (χ4v) is 2.60. The normalized spacial score (nSPS) is 11.6. The van der Waals surface area contributed by atoms with E-state index in [9.17, 15) is 9.59 Å². The number of benzene rings is 1. The van der Waals surface area contributed by atoms with Gasteiger partial charge in [-0.3, -0.25) is 9.59 Å². The second-order valence-electron chi connectivity index (χ2n) is 6.26. The number of hydrogen-bond acceptors (Lipinski definition) is 2. The van der Waals surface area contributed by atoms with Crippen molar-refractivity contribution in [1.29, 1.82) is 0 Å². The molecule has 2 rings (SSSR count). The molecule has 0 radical (unpaired) electrons. The Morgan fingerprint density at radius 1 is 1.27 bits per heavy atom. The molecule has 0 aliphatic rings. The lowest BCUT2D eigenvalue weighted by Gasteiger charge is -2.26. The van der Waals surface area contributed by atoms with Crippen molar-refractivity contribution in [2.24, 2.45) is 0 Å². The molecule has 0 aliphatic heterocycles. The van der Waals surface area contributed by atoms with E-state index < -0.39 is 11.5 Å². The predicted molar refractivity (Wildman–Crippen MR) is 85.8 cm³/mol. The Morgan fingerprint density at radius 2 is 1.95 bits per heavy atom. The fourth-order valence-electron chi connectivity index (χ4n) is 2.60. The van der Waals surface area contributed by atoms with Gasteiger partial charge in [0.2, 0.25) is 5.91 Å². The maximum Gasteiger partial charge on any atom is 0.303 e. The number of nitrogens with one attached hydrogen (secondary N) is 1. The third kappa shape index (κ3) is 3.87. The maximum atomic E-state index is 12.3. The van der Waals surface area contributed by atoms with Crippen LogP contribution in [0.4, 0.5) is 0 Å². The average Bonchev–Trinajstić information content (AvgIpc) is 2.73. The van der Waals surface area contributed by atoms with Gasteiger partial charge in [-0.05, 0) is 44.7 Å². The minimum atomic E-state index is -0.852. The van der Waals surface area contributed by atoms with Crippen LogP contribution in [-0.4, -0.2) is 27.1 Å². The van der Waals surface area contributed by atoms with Crippen LogP contribution in [0.15, 0.2) is 30.3 Å². The summed E-state index contributed by atoms with van der Waals surface area (Å²) < 4.78 is 1.97. The number of aryl methyl sites for hydroxylation is 1. The van der Waals surface area contributed by atoms with Gasteiger partial charge in [-0.15, -0.1) is 0 Å². The first-order valence-corrected chi connectivity index (χ1v) is 7.36. The minimum Gasteiger partial charge on any atom is -0.481 e. The standard InChI is InChI=1S/C17H22N2O3/c1-12-10-13-6-4-5-7-14(13)19(12)11-15(20)18-17(2,3)9-8-16(21)22/h4-7,10H,8-9,11H2,1-3H3,(H,18,20)(H,21,22). The first-order chi connectivity index (χ1) is 10.3. The van der Waals surface area contributed by atoms with Gasteiger partial charge < -0.3 is 15.0 Å². The molecule has 2 aromatic rings. The summed E-state index contributed by atoms with van der Waals surface area (Å²) in [5.41, 5.74) is 1.52. The van der Waals surface area contributed by atoms with Crippen LogP contribution < -0.4 is 5.32 Å². The molecule has 0 bridgehead atoms. The summed E-state index contributed by atoms with van der Waals surface area (Å²) in [5, 5.41) is 12.8. The maximum absolute atomic E-state index is 12.3. The van der Waals surface area contributed by atoms with E-state index in [1.807, 2.05) is 49.6 Å². The van der Waals surface area contributed by atoms with Crippen LogP contribution in [0, 0.1) is 6.92 Å². The Kier molecular flexibility index (Phi) is 4.54. The molecule has 0 saturated carbocycles. The second-order valence-corrected chi connectivity index (χ2v) is 6.26. The molecular formula is C17H22N2O3. The number of aliphatic carboxylic acids is 1. The number of hydrogen-bond donors (Lipinski definition) is 2. The number of carboxylic acid groups (broad SMARTS) is 1. The summed E-state index contributed by atoms with van der Waals surface area (Å²) in [5.74, 6) is -0.964. The van der Waals surface area contributed by atoms with E-state index in [-0.39, 0.29) is 18.9 Å². The van der Waals surface area contributed by atoms with E-state index in [0.717, 1.165) is 16.6 Å². The number of rotatable bonds is 6. The van der Waals surface area contributed by atoms with E-state index in [4.69, 9.17) is 5.11 Å². The molecule has 0 atom stereocenters. The Balaban J connectivity index is 2.08. The quantitative estimate of drug-likeness (QED) is 0.862. The van der Waals surface area contributed by atoms with Gasteiger partial charge in [0.25, 0.3) is 0 Å². The average molecular weight is 302 g/mol. The van der Waals surface area contributed by atoms with Gasteiger partial charge in [0, 0.05) is 23.2 Å². The number of carbonyl (C=O) groups excluding carboxylic acids is 1. The molecule has 22 heavy (non-hydrogen) atoms. The van der Waals surface area contributed by atoms with Crippen LogP contribution in [0.1, 0.15) is 32.4 Å². The Bertz CT molecular complexity index is 701. The summed E-state index contributed by atoms with van der Waals surface area (Å²) in [6, 6.07) is 9.99. The van der Waals surface area contributed by atoms with Gasteiger partial charge in [0.15, 0.2) is 0 Å².